The molecule has 0 aliphatic carbocycles. The zero-order chi connectivity index (χ0) is 20.0. The van der Waals surface area contributed by atoms with E-state index in [1.54, 1.807) is 24.0 Å². The SMILES string of the molecule is CCNC(=NCC(C)(O)c1cnn(C)c1)NCC(C)c1c(Cl)cccc1Cl. The Morgan fingerprint density at radius 1 is 1.33 bits per heavy atom. The van der Waals surface area contributed by atoms with Crippen LogP contribution in [0.5, 0.6) is 0 Å². The number of hydrogen-bond donors (Lipinski definition) is 3. The van der Waals surface area contributed by atoms with Gasteiger partial charge in [-0.15, -0.1) is 0 Å². The minimum Gasteiger partial charge on any atom is -0.383 e. The van der Waals surface area contributed by atoms with Crippen LogP contribution in [0.15, 0.2) is 35.6 Å². The molecule has 1 heterocycles. The first-order chi connectivity index (χ1) is 12.7. The Kier molecular flexibility index (Phi) is 7.53. The van der Waals surface area contributed by atoms with Crippen molar-refractivity contribution in [3.63, 3.8) is 0 Å². The van der Waals surface area contributed by atoms with Crippen molar-refractivity contribution in [1.82, 2.24) is 20.4 Å². The molecule has 0 aliphatic rings. The Morgan fingerprint density at radius 3 is 2.56 bits per heavy atom. The third-order valence-corrected chi connectivity index (χ3v) is 4.94. The first-order valence-electron chi connectivity index (χ1n) is 8.92. The highest BCUT2D eigenvalue weighted by Crippen LogP contribution is 2.30. The van der Waals surface area contributed by atoms with Crippen LogP contribution in [0.4, 0.5) is 0 Å². The van der Waals surface area contributed by atoms with Crippen LogP contribution in [0.2, 0.25) is 10.0 Å². The molecule has 2 atom stereocenters. The molecule has 6 nitrogen and oxygen atoms in total. The summed E-state index contributed by atoms with van der Waals surface area (Å²) in [5, 5.41) is 22.6. The molecule has 0 saturated heterocycles. The molecule has 2 unspecified atom stereocenters. The summed E-state index contributed by atoms with van der Waals surface area (Å²) in [7, 11) is 1.82. The van der Waals surface area contributed by atoms with Crippen molar-refractivity contribution in [2.75, 3.05) is 19.6 Å². The lowest BCUT2D eigenvalue weighted by molar-refractivity contribution is 0.0672. The molecule has 27 heavy (non-hydrogen) atoms. The number of hydrogen-bond acceptors (Lipinski definition) is 3. The zero-order valence-corrected chi connectivity index (χ0v) is 17.6. The van der Waals surface area contributed by atoms with Crippen molar-refractivity contribution in [1.29, 1.82) is 0 Å². The topological polar surface area (TPSA) is 74.5 Å². The number of aliphatic imine (C=N–C) groups is 1. The van der Waals surface area contributed by atoms with Gasteiger partial charge in [0, 0.05) is 47.9 Å². The van der Waals surface area contributed by atoms with Gasteiger partial charge in [0.1, 0.15) is 5.60 Å². The van der Waals surface area contributed by atoms with E-state index in [0.29, 0.717) is 29.1 Å². The summed E-state index contributed by atoms with van der Waals surface area (Å²) in [6.07, 6.45) is 3.44. The lowest BCUT2D eigenvalue weighted by Gasteiger charge is -2.22. The molecule has 0 aliphatic heterocycles. The number of rotatable bonds is 7. The van der Waals surface area contributed by atoms with Crippen molar-refractivity contribution in [2.24, 2.45) is 12.0 Å². The minimum atomic E-state index is -1.10. The predicted octanol–water partition coefficient (Wildman–Crippen LogP) is 3.29. The number of aryl methyl sites for hydroxylation is 1. The van der Waals surface area contributed by atoms with Gasteiger partial charge in [-0.05, 0) is 31.5 Å². The average Bonchev–Trinajstić information content (AvgIpc) is 3.04. The van der Waals surface area contributed by atoms with Crippen molar-refractivity contribution in [3.05, 3.63) is 51.8 Å². The third-order valence-electron chi connectivity index (χ3n) is 4.28. The van der Waals surface area contributed by atoms with Gasteiger partial charge in [0.25, 0.3) is 0 Å². The van der Waals surface area contributed by atoms with Gasteiger partial charge >= 0.3 is 0 Å². The molecule has 0 spiro atoms. The van der Waals surface area contributed by atoms with Crippen LogP contribution in [0.1, 0.15) is 37.8 Å². The van der Waals surface area contributed by atoms with E-state index in [1.165, 1.54) is 0 Å². The van der Waals surface area contributed by atoms with E-state index in [1.807, 2.05) is 32.2 Å². The average molecular weight is 412 g/mol. The van der Waals surface area contributed by atoms with Crippen LogP contribution >= 0.6 is 23.2 Å². The summed E-state index contributed by atoms with van der Waals surface area (Å²) in [6.45, 7) is 7.28. The van der Waals surface area contributed by atoms with E-state index < -0.39 is 5.60 Å². The van der Waals surface area contributed by atoms with Crippen LogP contribution in [0, 0.1) is 0 Å². The van der Waals surface area contributed by atoms with E-state index in [9.17, 15) is 5.11 Å². The van der Waals surface area contributed by atoms with Gasteiger partial charge in [0.2, 0.25) is 0 Å². The quantitative estimate of drug-likeness (QED) is 0.482. The summed E-state index contributed by atoms with van der Waals surface area (Å²) in [4.78, 5) is 4.52. The largest absolute Gasteiger partial charge is 0.383 e. The molecule has 0 saturated carbocycles. The second kappa shape index (κ2) is 9.44. The second-order valence-electron chi connectivity index (χ2n) is 6.79. The maximum Gasteiger partial charge on any atom is 0.191 e. The summed E-state index contributed by atoms with van der Waals surface area (Å²) < 4.78 is 1.66. The molecule has 1 aromatic heterocycles. The molecule has 2 rings (SSSR count). The third kappa shape index (κ3) is 5.86. The fraction of sp³-hybridized carbons (Fsp3) is 0.474. The van der Waals surface area contributed by atoms with Gasteiger partial charge in [-0.1, -0.05) is 36.2 Å². The zero-order valence-electron chi connectivity index (χ0n) is 16.1. The highest BCUT2D eigenvalue weighted by atomic mass is 35.5. The first-order valence-corrected chi connectivity index (χ1v) is 9.67. The van der Waals surface area contributed by atoms with Crippen LogP contribution in [0.3, 0.4) is 0 Å². The van der Waals surface area contributed by atoms with Gasteiger partial charge in [-0.3, -0.25) is 4.68 Å². The molecule has 2 aromatic rings. The number of halogens is 2. The van der Waals surface area contributed by atoms with Gasteiger partial charge < -0.3 is 15.7 Å². The Labute approximate surface area is 170 Å². The van der Waals surface area contributed by atoms with Crippen molar-refractivity contribution in [2.45, 2.75) is 32.3 Å². The highest BCUT2D eigenvalue weighted by molar-refractivity contribution is 6.36. The summed E-state index contributed by atoms with van der Waals surface area (Å²) >= 11 is 12.6. The smallest absolute Gasteiger partial charge is 0.191 e. The van der Waals surface area contributed by atoms with Crippen molar-refractivity contribution in [3.8, 4) is 0 Å². The number of nitrogens with one attached hydrogen (secondary N) is 2. The lowest BCUT2D eigenvalue weighted by Crippen LogP contribution is -2.40. The molecule has 0 fully saturated rings. The molecule has 148 valence electrons. The lowest BCUT2D eigenvalue weighted by atomic mass is 10.00. The number of aromatic nitrogens is 2. The van der Waals surface area contributed by atoms with E-state index in [-0.39, 0.29) is 12.5 Å². The molecular formula is C19H27Cl2N5O. The van der Waals surface area contributed by atoms with E-state index in [2.05, 4.69) is 27.6 Å². The van der Waals surface area contributed by atoms with Crippen LogP contribution in [-0.2, 0) is 12.6 Å². The number of nitrogens with zero attached hydrogens (tertiary/aromatic N) is 3. The molecular weight excluding hydrogens is 385 g/mol. The Hall–Kier alpha value is -1.76. The Bertz CT molecular complexity index is 768. The predicted molar refractivity (Wildman–Crippen MR) is 112 cm³/mol. The van der Waals surface area contributed by atoms with E-state index in [0.717, 1.165) is 11.1 Å². The molecule has 0 bridgehead atoms. The Balaban J connectivity index is 2.05. The fourth-order valence-corrected chi connectivity index (χ4v) is 3.47. The Morgan fingerprint density at radius 2 is 2.00 bits per heavy atom. The first kappa shape index (κ1) is 21.5. The fourth-order valence-electron chi connectivity index (χ4n) is 2.70. The normalized spacial score (nSPS) is 15.3. The van der Waals surface area contributed by atoms with E-state index in [4.69, 9.17) is 23.2 Å². The van der Waals surface area contributed by atoms with Gasteiger partial charge in [-0.2, -0.15) is 5.10 Å². The minimum absolute atomic E-state index is 0.0916. The maximum atomic E-state index is 10.7. The molecule has 1 aromatic carbocycles. The molecule has 0 radical (unpaired) electrons. The van der Waals surface area contributed by atoms with Crippen LogP contribution in [0.25, 0.3) is 0 Å². The van der Waals surface area contributed by atoms with Crippen LogP contribution in [-0.4, -0.2) is 40.5 Å². The number of guanidine groups is 1. The summed E-state index contributed by atoms with van der Waals surface area (Å²) in [5.41, 5.74) is 0.529. The maximum absolute atomic E-state index is 10.7. The molecule has 3 N–H and O–H groups in total. The van der Waals surface area contributed by atoms with Gasteiger partial charge in [0.15, 0.2) is 5.96 Å². The summed E-state index contributed by atoms with van der Waals surface area (Å²) in [5.74, 6) is 0.714. The second-order valence-corrected chi connectivity index (χ2v) is 7.60. The van der Waals surface area contributed by atoms with Crippen molar-refractivity contribution >= 4 is 29.2 Å². The highest BCUT2D eigenvalue weighted by Gasteiger charge is 2.24. The van der Waals surface area contributed by atoms with Gasteiger partial charge in [-0.25, -0.2) is 4.99 Å². The van der Waals surface area contributed by atoms with E-state index >= 15 is 0 Å². The van der Waals surface area contributed by atoms with Gasteiger partial charge in [0.05, 0.1) is 12.7 Å². The summed E-state index contributed by atoms with van der Waals surface area (Å²) in [6, 6.07) is 5.51. The van der Waals surface area contributed by atoms with Crippen LogP contribution < -0.4 is 10.6 Å². The standard InChI is InChI=1S/C19H27Cl2N5O/c1-5-22-18(24-12-19(3,27)14-10-25-26(4)11-14)23-9-13(2)17-15(20)7-6-8-16(17)21/h6-8,10-11,13,27H,5,9,12H2,1-4H3,(H2,22,23,24). The van der Waals surface area contributed by atoms with Crippen molar-refractivity contribution < 1.29 is 5.11 Å². The number of aliphatic hydroxyl groups is 1. The number of benzene rings is 1. The monoisotopic (exact) mass is 411 g/mol. The molecule has 0 amide bonds. The molecule has 8 heteroatoms.